The van der Waals surface area contributed by atoms with Crippen LogP contribution in [0.15, 0.2) is 49.1 Å². The van der Waals surface area contributed by atoms with Gasteiger partial charge in [0, 0.05) is 0 Å². The minimum atomic E-state index is -0.269. The predicted molar refractivity (Wildman–Crippen MR) is 52.1 cm³/mol. The third-order valence-electron chi connectivity index (χ3n) is 1.59. The van der Waals surface area contributed by atoms with Crippen LogP contribution in [-0.2, 0) is 9.53 Å². The van der Waals surface area contributed by atoms with E-state index in [1.54, 1.807) is 18.2 Å². The molecule has 0 aliphatic heterocycles. The van der Waals surface area contributed by atoms with Crippen molar-refractivity contribution in [1.82, 2.24) is 0 Å². The molecule has 1 aliphatic carbocycles. The fourth-order valence-corrected chi connectivity index (χ4v) is 0.955. The van der Waals surface area contributed by atoms with E-state index in [9.17, 15) is 4.79 Å². The lowest BCUT2D eigenvalue weighted by atomic mass is 10.1. The topological polar surface area (TPSA) is 26.3 Å². The Bertz CT molecular complexity index is 256. The first-order chi connectivity index (χ1) is 6.34. The summed E-state index contributed by atoms with van der Waals surface area (Å²) in [4.78, 5) is 11.3. The van der Waals surface area contributed by atoms with E-state index in [0.717, 1.165) is 0 Å². The third kappa shape index (κ3) is 3.11. The average Bonchev–Trinajstić information content (AvgIpc) is 2.42. The standard InChI is InChI=1S/C11H12O2/c1-2-9-13-11(12)10-7-5-3-4-6-8-10/h2-8,10H,1,9H2. The van der Waals surface area contributed by atoms with Gasteiger partial charge in [-0.05, 0) is 0 Å². The van der Waals surface area contributed by atoms with Crippen molar-refractivity contribution in [3.8, 4) is 0 Å². The number of hydrogen-bond donors (Lipinski definition) is 0. The predicted octanol–water partition coefficient (Wildman–Crippen LogP) is 2.01. The highest BCUT2D eigenvalue weighted by Gasteiger charge is 2.12. The van der Waals surface area contributed by atoms with Gasteiger partial charge in [0.05, 0.1) is 5.92 Å². The molecule has 2 heteroatoms. The Kier molecular flexibility index (Phi) is 3.76. The van der Waals surface area contributed by atoms with E-state index in [-0.39, 0.29) is 18.5 Å². The van der Waals surface area contributed by atoms with Crippen molar-refractivity contribution in [2.24, 2.45) is 5.92 Å². The maximum absolute atomic E-state index is 11.3. The van der Waals surface area contributed by atoms with Gasteiger partial charge < -0.3 is 4.74 Å². The van der Waals surface area contributed by atoms with Crippen molar-refractivity contribution in [2.45, 2.75) is 0 Å². The number of carbonyl (C=O) groups is 1. The number of carbonyl (C=O) groups excluding carboxylic acids is 1. The summed E-state index contributed by atoms with van der Waals surface area (Å²) in [5, 5.41) is 0. The molecule has 0 amide bonds. The van der Waals surface area contributed by atoms with E-state index in [0.29, 0.717) is 0 Å². The van der Waals surface area contributed by atoms with Gasteiger partial charge in [0.15, 0.2) is 0 Å². The van der Waals surface area contributed by atoms with Crippen molar-refractivity contribution >= 4 is 5.97 Å². The number of rotatable bonds is 3. The van der Waals surface area contributed by atoms with E-state index in [1.807, 2.05) is 24.3 Å². The molecule has 68 valence electrons. The van der Waals surface area contributed by atoms with E-state index >= 15 is 0 Å². The SMILES string of the molecule is C=CCOC(=O)C1C=CC=CC=C1. The molecule has 0 unspecified atom stereocenters. The summed E-state index contributed by atoms with van der Waals surface area (Å²) in [6.07, 6.45) is 12.6. The summed E-state index contributed by atoms with van der Waals surface area (Å²) in [7, 11) is 0. The quantitative estimate of drug-likeness (QED) is 0.485. The van der Waals surface area contributed by atoms with Crippen LogP contribution in [0, 0.1) is 5.92 Å². The van der Waals surface area contributed by atoms with Crippen LogP contribution < -0.4 is 0 Å². The molecule has 1 aliphatic rings. The molecular formula is C11H12O2. The highest BCUT2D eigenvalue weighted by molar-refractivity contribution is 5.77. The maximum Gasteiger partial charge on any atom is 0.317 e. The number of ether oxygens (including phenoxy) is 1. The summed E-state index contributed by atoms with van der Waals surface area (Å²) < 4.78 is 4.90. The van der Waals surface area contributed by atoms with Crippen molar-refractivity contribution < 1.29 is 9.53 Å². The Hall–Kier alpha value is -1.57. The number of hydrogen-bond acceptors (Lipinski definition) is 2. The lowest BCUT2D eigenvalue weighted by Gasteiger charge is -2.05. The summed E-state index contributed by atoms with van der Waals surface area (Å²) in [5.74, 6) is -0.508. The first-order valence-corrected chi connectivity index (χ1v) is 4.14. The summed E-state index contributed by atoms with van der Waals surface area (Å²) >= 11 is 0. The van der Waals surface area contributed by atoms with Crippen molar-refractivity contribution in [3.05, 3.63) is 49.1 Å². The van der Waals surface area contributed by atoms with Crippen LogP contribution in [0.2, 0.25) is 0 Å². The molecule has 0 atom stereocenters. The second-order valence-electron chi connectivity index (χ2n) is 2.60. The second-order valence-corrected chi connectivity index (χ2v) is 2.60. The molecule has 13 heavy (non-hydrogen) atoms. The minimum Gasteiger partial charge on any atom is -0.461 e. The minimum absolute atomic E-state index is 0.240. The molecule has 0 heterocycles. The molecule has 1 rings (SSSR count). The molecule has 0 radical (unpaired) electrons. The number of allylic oxidation sites excluding steroid dienone is 4. The Morgan fingerprint density at radius 1 is 1.31 bits per heavy atom. The lowest BCUT2D eigenvalue weighted by molar-refractivity contribution is -0.144. The van der Waals surface area contributed by atoms with Gasteiger partial charge in [0.1, 0.15) is 6.61 Å². The second kappa shape index (κ2) is 5.14. The molecule has 0 spiro atoms. The van der Waals surface area contributed by atoms with Crippen LogP contribution >= 0.6 is 0 Å². The molecule has 0 saturated heterocycles. The highest BCUT2D eigenvalue weighted by Crippen LogP contribution is 2.07. The molecule has 0 aromatic heterocycles. The Morgan fingerprint density at radius 3 is 2.46 bits per heavy atom. The zero-order valence-electron chi connectivity index (χ0n) is 7.35. The maximum atomic E-state index is 11.3. The lowest BCUT2D eigenvalue weighted by Crippen LogP contribution is -2.13. The Balaban J connectivity index is 2.51. The van der Waals surface area contributed by atoms with Crippen LogP contribution in [0.1, 0.15) is 0 Å². The van der Waals surface area contributed by atoms with Gasteiger partial charge in [0.2, 0.25) is 0 Å². The van der Waals surface area contributed by atoms with Crippen molar-refractivity contribution in [1.29, 1.82) is 0 Å². The fourth-order valence-electron chi connectivity index (χ4n) is 0.955. The van der Waals surface area contributed by atoms with Crippen LogP contribution in [0.25, 0.3) is 0 Å². The smallest absolute Gasteiger partial charge is 0.317 e. The molecule has 0 aromatic carbocycles. The first kappa shape index (κ1) is 9.52. The highest BCUT2D eigenvalue weighted by atomic mass is 16.5. The van der Waals surface area contributed by atoms with Gasteiger partial charge in [0.25, 0.3) is 0 Å². The van der Waals surface area contributed by atoms with Crippen molar-refractivity contribution in [2.75, 3.05) is 6.61 Å². The van der Waals surface area contributed by atoms with E-state index in [2.05, 4.69) is 6.58 Å². The van der Waals surface area contributed by atoms with Gasteiger partial charge in [-0.25, -0.2) is 0 Å². The normalized spacial score (nSPS) is 15.4. The summed E-state index contributed by atoms with van der Waals surface area (Å²) in [6.45, 7) is 3.74. The summed E-state index contributed by atoms with van der Waals surface area (Å²) in [5.41, 5.74) is 0. The zero-order valence-corrected chi connectivity index (χ0v) is 7.35. The largest absolute Gasteiger partial charge is 0.461 e. The monoisotopic (exact) mass is 176 g/mol. The van der Waals surface area contributed by atoms with Gasteiger partial charge >= 0.3 is 5.97 Å². The van der Waals surface area contributed by atoms with E-state index < -0.39 is 0 Å². The third-order valence-corrected chi connectivity index (χ3v) is 1.59. The van der Waals surface area contributed by atoms with Crippen LogP contribution in [0.5, 0.6) is 0 Å². The van der Waals surface area contributed by atoms with E-state index in [4.69, 9.17) is 4.74 Å². The van der Waals surface area contributed by atoms with Crippen molar-refractivity contribution in [3.63, 3.8) is 0 Å². The van der Waals surface area contributed by atoms with Crippen LogP contribution in [-0.4, -0.2) is 12.6 Å². The molecule has 0 fully saturated rings. The van der Waals surface area contributed by atoms with Crippen LogP contribution in [0.4, 0.5) is 0 Å². The molecule has 0 N–H and O–H groups in total. The number of esters is 1. The molecule has 2 nitrogen and oxygen atoms in total. The van der Waals surface area contributed by atoms with E-state index in [1.165, 1.54) is 0 Å². The van der Waals surface area contributed by atoms with Gasteiger partial charge in [-0.15, -0.1) is 0 Å². The summed E-state index contributed by atoms with van der Waals surface area (Å²) in [6, 6.07) is 0. The molecule has 0 saturated carbocycles. The Labute approximate surface area is 77.9 Å². The van der Waals surface area contributed by atoms with Gasteiger partial charge in [-0.3, -0.25) is 4.79 Å². The molecular weight excluding hydrogens is 164 g/mol. The van der Waals surface area contributed by atoms with Gasteiger partial charge in [-0.1, -0.05) is 49.1 Å². The Morgan fingerprint density at radius 2 is 1.92 bits per heavy atom. The zero-order chi connectivity index (χ0) is 9.52. The fraction of sp³-hybridized carbons (Fsp3) is 0.182. The van der Waals surface area contributed by atoms with Crippen LogP contribution in [0.3, 0.4) is 0 Å². The molecule has 0 aromatic rings. The molecule has 0 bridgehead atoms. The first-order valence-electron chi connectivity index (χ1n) is 4.14. The van der Waals surface area contributed by atoms with Gasteiger partial charge in [-0.2, -0.15) is 0 Å². The average molecular weight is 176 g/mol.